The van der Waals surface area contributed by atoms with Crippen LogP contribution in [0.25, 0.3) is 0 Å². The molecular formula is C18H22O5S. The Morgan fingerprint density at radius 1 is 1.29 bits per heavy atom. The predicted octanol–water partition coefficient (Wildman–Crippen LogP) is 2.35. The third-order valence-corrected chi connectivity index (χ3v) is 5.22. The van der Waals surface area contributed by atoms with Crippen LogP contribution in [0, 0.1) is 24.7 Å². The largest absolute Gasteiger partial charge is 0.506 e. The Labute approximate surface area is 146 Å². The molecule has 2 saturated carbocycles. The molecule has 0 aromatic heterocycles. The van der Waals surface area contributed by atoms with Gasteiger partial charge in [-0.1, -0.05) is 13.8 Å². The van der Waals surface area contributed by atoms with Crippen LogP contribution in [0.4, 0.5) is 0 Å². The van der Waals surface area contributed by atoms with Crippen LogP contribution in [0.2, 0.25) is 0 Å². The monoisotopic (exact) mass is 350 g/mol. The van der Waals surface area contributed by atoms with Crippen LogP contribution in [0.15, 0.2) is 17.0 Å². The highest BCUT2D eigenvalue weighted by Gasteiger charge is 2.65. The van der Waals surface area contributed by atoms with E-state index in [0.29, 0.717) is 11.3 Å². The van der Waals surface area contributed by atoms with E-state index in [0.717, 1.165) is 0 Å². The summed E-state index contributed by atoms with van der Waals surface area (Å²) in [6, 6.07) is 2.88. The number of aromatic hydroxyl groups is 1. The maximum absolute atomic E-state index is 12.7. The Kier molecular flexibility index (Phi) is 4.93. The number of thiol groups is 1. The lowest BCUT2D eigenvalue weighted by Gasteiger charge is -2.30. The van der Waals surface area contributed by atoms with Gasteiger partial charge < -0.3 is 10.2 Å². The maximum atomic E-state index is 12.7. The minimum Gasteiger partial charge on any atom is -0.506 e. The molecule has 0 bridgehead atoms. The number of hydrogen-bond acceptors (Lipinski definition) is 6. The molecule has 0 radical (unpaired) electrons. The van der Waals surface area contributed by atoms with Gasteiger partial charge in [-0.2, -0.15) is 0 Å². The van der Waals surface area contributed by atoms with E-state index in [4.69, 9.17) is 0 Å². The molecule has 5 nitrogen and oxygen atoms in total. The standard InChI is InChI=1S/C16H16O5S.C2H6/c1-6-7(3-4-10(22)12(6)17)13(18)11-14(19)8-5-9(8)16(2,21)15(11)20;1-2/h3-4,8-9,11,17,21-22H,5H2,1-2H3;1-2H3. The highest BCUT2D eigenvalue weighted by atomic mass is 32.1. The summed E-state index contributed by atoms with van der Waals surface area (Å²) in [5.41, 5.74) is -1.26. The molecule has 0 aliphatic heterocycles. The van der Waals surface area contributed by atoms with Gasteiger partial charge in [-0.25, -0.2) is 0 Å². The Morgan fingerprint density at radius 3 is 2.46 bits per heavy atom. The summed E-state index contributed by atoms with van der Waals surface area (Å²) in [5, 5.41) is 20.2. The highest BCUT2D eigenvalue weighted by molar-refractivity contribution is 7.80. The van der Waals surface area contributed by atoms with Gasteiger partial charge >= 0.3 is 0 Å². The van der Waals surface area contributed by atoms with Gasteiger partial charge in [0.25, 0.3) is 0 Å². The van der Waals surface area contributed by atoms with E-state index >= 15 is 0 Å². The Balaban J connectivity index is 0.00000100. The summed E-state index contributed by atoms with van der Waals surface area (Å²) in [6.45, 7) is 6.89. The Bertz CT molecular complexity index is 722. The van der Waals surface area contributed by atoms with Crippen LogP contribution in [0.3, 0.4) is 0 Å². The average Bonchev–Trinajstić information content (AvgIpc) is 3.35. The zero-order valence-corrected chi connectivity index (χ0v) is 15.1. The predicted molar refractivity (Wildman–Crippen MR) is 91.5 cm³/mol. The molecule has 0 amide bonds. The Hall–Kier alpha value is -1.66. The van der Waals surface area contributed by atoms with Crippen molar-refractivity contribution in [3.63, 3.8) is 0 Å². The van der Waals surface area contributed by atoms with Crippen molar-refractivity contribution in [3.8, 4) is 5.75 Å². The van der Waals surface area contributed by atoms with E-state index in [9.17, 15) is 24.6 Å². The van der Waals surface area contributed by atoms with Gasteiger partial charge in [0, 0.05) is 27.9 Å². The quantitative estimate of drug-likeness (QED) is 0.433. The maximum Gasteiger partial charge on any atom is 0.182 e. The first-order valence-electron chi connectivity index (χ1n) is 8.04. The molecule has 6 heteroatoms. The number of hydrogen-bond donors (Lipinski definition) is 3. The van der Waals surface area contributed by atoms with E-state index in [2.05, 4.69) is 12.6 Å². The van der Waals surface area contributed by atoms with Crippen molar-refractivity contribution in [1.82, 2.24) is 0 Å². The summed E-state index contributed by atoms with van der Waals surface area (Å²) < 4.78 is 0. The number of benzene rings is 1. The number of fused-ring (bicyclic) bond motifs is 1. The van der Waals surface area contributed by atoms with Crippen molar-refractivity contribution in [2.24, 2.45) is 17.8 Å². The number of carbonyl (C=O) groups is 3. The number of aliphatic hydroxyl groups is 1. The zero-order valence-electron chi connectivity index (χ0n) is 14.2. The first-order valence-corrected chi connectivity index (χ1v) is 8.48. The van der Waals surface area contributed by atoms with Crippen LogP contribution < -0.4 is 0 Å². The van der Waals surface area contributed by atoms with Crippen molar-refractivity contribution in [2.75, 3.05) is 0 Å². The lowest BCUT2D eigenvalue weighted by molar-refractivity contribution is -0.149. The van der Waals surface area contributed by atoms with Crippen LogP contribution in [0.1, 0.15) is 43.1 Å². The Morgan fingerprint density at radius 2 is 1.88 bits per heavy atom. The first kappa shape index (κ1) is 18.7. The highest BCUT2D eigenvalue weighted by Crippen LogP contribution is 2.53. The first-order chi connectivity index (χ1) is 11.2. The van der Waals surface area contributed by atoms with Crippen LogP contribution in [-0.4, -0.2) is 33.2 Å². The van der Waals surface area contributed by atoms with Gasteiger partial charge in [-0.05, 0) is 32.4 Å². The normalized spacial score (nSPS) is 31.0. The van der Waals surface area contributed by atoms with Gasteiger partial charge in [0.15, 0.2) is 17.3 Å². The number of carbonyl (C=O) groups excluding carboxylic acids is 3. The summed E-state index contributed by atoms with van der Waals surface area (Å²) in [5.74, 6) is -4.24. The molecule has 1 aromatic carbocycles. The smallest absolute Gasteiger partial charge is 0.182 e. The number of ketones is 3. The molecule has 3 rings (SSSR count). The molecule has 0 heterocycles. The number of phenolic OH excluding ortho intramolecular Hbond substituents is 1. The second-order valence-electron chi connectivity index (χ2n) is 6.27. The second-order valence-corrected chi connectivity index (χ2v) is 6.75. The molecule has 0 spiro atoms. The minimum absolute atomic E-state index is 0.108. The lowest BCUT2D eigenvalue weighted by Crippen LogP contribution is -2.52. The SMILES string of the molecule is CC.Cc1c(C(=O)C2C(=O)C3CC3C(C)(O)C2=O)ccc(S)c1O. The van der Waals surface area contributed by atoms with E-state index < -0.39 is 34.8 Å². The third-order valence-electron chi connectivity index (χ3n) is 4.86. The molecule has 2 N–H and O–H groups in total. The third kappa shape index (κ3) is 2.67. The van der Waals surface area contributed by atoms with Crippen LogP contribution >= 0.6 is 12.6 Å². The van der Waals surface area contributed by atoms with Gasteiger partial charge in [-0.3, -0.25) is 14.4 Å². The lowest BCUT2D eigenvalue weighted by atomic mass is 9.73. The molecule has 2 fully saturated rings. The molecule has 0 saturated heterocycles. The van der Waals surface area contributed by atoms with Crippen molar-refractivity contribution >= 4 is 30.0 Å². The van der Waals surface area contributed by atoms with E-state index in [1.54, 1.807) is 0 Å². The summed E-state index contributed by atoms with van der Waals surface area (Å²) in [7, 11) is 0. The fraction of sp³-hybridized carbons (Fsp3) is 0.500. The van der Waals surface area contributed by atoms with E-state index in [1.165, 1.54) is 26.0 Å². The van der Waals surface area contributed by atoms with E-state index in [-0.39, 0.29) is 22.8 Å². The minimum atomic E-state index is -1.64. The molecular weight excluding hydrogens is 328 g/mol. The number of rotatable bonds is 2. The van der Waals surface area contributed by atoms with E-state index in [1.807, 2.05) is 13.8 Å². The van der Waals surface area contributed by atoms with Gasteiger partial charge in [0.05, 0.1) is 0 Å². The van der Waals surface area contributed by atoms with Crippen molar-refractivity contribution in [1.29, 1.82) is 0 Å². The van der Waals surface area contributed by atoms with Crippen LogP contribution in [-0.2, 0) is 9.59 Å². The molecule has 2 aliphatic rings. The van der Waals surface area contributed by atoms with Crippen LogP contribution in [0.5, 0.6) is 5.75 Å². The fourth-order valence-electron chi connectivity index (χ4n) is 3.31. The van der Waals surface area contributed by atoms with Gasteiger partial charge in [0.2, 0.25) is 0 Å². The van der Waals surface area contributed by atoms with Crippen molar-refractivity contribution < 1.29 is 24.6 Å². The summed E-state index contributed by atoms with van der Waals surface area (Å²) >= 11 is 4.06. The number of phenols is 1. The summed E-state index contributed by atoms with van der Waals surface area (Å²) in [4.78, 5) is 37.7. The van der Waals surface area contributed by atoms with Gasteiger partial charge in [-0.15, -0.1) is 12.6 Å². The molecule has 2 aliphatic carbocycles. The fourth-order valence-corrected chi connectivity index (χ4v) is 3.55. The zero-order chi connectivity index (χ0) is 18.4. The van der Waals surface area contributed by atoms with Crippen molar-refractivity contribution in [3.05, 3.63) is 23.3 Å². The second kappa shape index (κ2) is 6.33. The molecule has 4 unspecified atom stereocenters. The molecule has 4 atom stereocenters. The average molecular weight is 350 g/mol. The molecule has 1 aromatic rings. The molecule has 130 valence electrons. The van der Waals surface area contributed by atoms with Crippen molar-refractivity contribution in [2.45, 2.75) is 44.6 Å². The topological polar surface area (TPSA) is 91.7 Å². The summed E-state index contributed by atoms with van der Waals surface area (Å²) in [6.07, 6.45) is 0.446. The number of Topliss-reactive ketones (excluding diaryl/α,β-unsaturated/α-hetero) is 3. The molecule has 24 heavy (non-hydrogen) atoms. The van der Waals surface area contributed by atoms with Gasteiger partial charge in [0.1, 0.15) is 17.3 Å².